The molecule has 2 aromatic carbocycles. The zero-order chi connectivity index (χ0) is 24.4. The van der Waals surface area contributed by atoms with E-state index in [9.17, 15) is 9.59 Å². The van der Waals surface area contributed by atoms with Crippen molar-refractivity contribution in [1.82, 2.24) is 14.5 Å². The highest BCUT2D eigenvalue weighted by Crippen LogP contribution is 2.32. The fourth-order valence-electron chi connectivity index (χ4n) is 3.97. The summed E-state index contributed by atoms with van der Waals surface area (Å²) >= 11 is 0. The molecule has 1 aliphatic rings. The van der Waals surface area contributed by atoms with Gasteiger partial charge < -0.3 is 20.3 Å². The van der Waals surface area contributed by atoms with E-state index in [0.717, 1.165) is 5.56 Å². The van der Waals surface area contributed by atoms with Crippen molar-refractivity contribution in [2.75, 3.05) is 23.7 Å². The number of carbonyl (C=O) groups excluding carboxylic acids is 2. The molecule has 5 rings (SSSR count). The predicted octanol–water partition coefficient (Wildman–Crippen LogP) is 4.67. The molecule has 0 aliphatic carbocycles. The van der Waals surface area contributed by atoms with Crippen LogP contribution in [-0.2, 0) is 0 Å². The number of likely N-dealkylation sites (tertiary alicyclic amines) is 1. The second-order valence-corrected chi connectivity index (χ2v) is 8.26. The summed E-state index contributed by atoms with van der Waals surface area (Å²) < 4.78 is 7.73. The van der Waals surface area contributed by atoms with Gasteiger partial charge in [-0.1, -0.05) is 18.2 Å². The summed E-state index contributed by atoms with van der Waals surface area (Å²) in [7, 11) is 0. The number of fused-ring (bicyclic) bond motifs is 1. The van der Waals surface area contributed by atoms with Crippen LogP contribution in [0.4, 0.5) is 16.2 Å². The molecule has 0 unspecified atom stereocenters. The number of nitrogens with one attached hydrogen (secondary N) is 2. The highest BCUT2D eigenvalue weighted by Gasteiger charge is 2.32. The second-order valence-electron chi connectivity index (χ2n) is 8.26. The molecule has 4 aromatic rings. The van der Waals surface area contributed by atoms with Crippen LogP contribution in [0.2, 0.25) is 0 Å². The minimum absolute atomic E-state index is 0.102. The zero-order valence-corrected chi connectivity index (χ0v) is 18.9. The Bertz CT molecular complexity index is 1430. The first-order valence-electron chi connectivity index (χ1n) is 11.1. The maximum absolute atomic E-state index is 12.9. The van der Waals surface area contributed by atoms with Crippen LogP contribution in [0, 0.1) is 24.2 Å². The smallest absolute Gasteiger partial charge is 0.323 e. The number of ether oxygens (including phenoxy) is 1. The number of para-hydroxylation sites is 1. The number of carbonyl (C=O) groups is 2. The number of benzene rings is 2. The van der Waals surface area contributed by atoms with Crippen molar-refractivity contribution in [3.63, 3.8) is 0 Å². The van der Waals surface area contributed by atoms with Gasteiger partial charge in [-0.3, -0.25) is 4.79 Å². The highest BCUT2D eigenvalue weighted by atomic mass is 16.5. The first-order valence-corrected chi connectivity index (χ1v) is 11.1. The van der Waals surface area contributed by atoms with E-state index >= 15 is 0 Å². The summed E-state index contributed by atoms with van der Waals surface area (Å²) in [5, 5.41) is 18.9. The number of rotatable bonds is 5. The van der Waals surface area contributed by atoms with Gasteiger partial charge in [-0.25, -0.2) is 9.31 Å². The number of nitriles is 1. The Morgan fingerprint density at radius 1 is 1.03 bits per heavy atom. The molecule has 35 heavy (non-hydrogen) atoms. The Morgan fingerprint density at radius 3 is 2.40 bits per heavy atom. The summed E-state index contributed by atoms with van der Waals surface area (Å²) in [5.41, 5.74) is 3.30. The number of hydrogen-bond donors (Lipinski definition) is 2. The molecule has 0 spiro atoms. The van der Waals surface area contributed by atoms with Gasteiger partial charge in [0.1, 0.15) is 11.3 Å². The highest BCUT2D eigenvalue weighted by molar-refractivity contribution is 6.00. The minimum Gasteiger partial charge on any atom is -0.455 e. The quantitative estimate of drug-likeness (QED) is 0.444. The third kappa shape index (κ3) is 4.50. The summed E-state index contributed by atoms with van der Waals surface area (Å²) in [6.07, 6.45) is 3.30. The summed E-state index contributed by atoms with van der Waals surface area (Å²) in [6, 6.07) is 19.8. The molecule has 0 radical (unpaired) electrons. The van der Waals surface area contributed by atoms with Crippen LogP contribution in [0.15, 0.2) is 73.1 Å². The molecule has 1 fully saturated rings. The normalized spacial score (nSPS) is 13.1. The van der Waals surface area contributed by atoms with Gasteiger partial charge in [0.2, 0.25) is 0 Å². The molecule has 9 heteroatoms. The number of nitrogens with zero attached hydrogens (tertiary/aromatic N) is 4. The monoisotopic (exact) mass is 466 g/mol. The molecule has 1 saturated heterocycles. The average molecular weight is 467 g/mol. The van der Waals surface area contributed by atoms with Gasteiger partial charge in [0.05, 0.1) is 23.7 Å². The van der Waals surface area contributed by atoms with E-state index in [2.05, 4.69) is 21.8 Å². The number of amides is 3. The van der Waals surface area contributed by atoms with Crippen LogP contribution >= 0.6 is 0 Å². The van der Waals surface area contributed by atoms with E-state index in [4.69, 9.17) is 10.00 Å². The molecular weight excluding hydrogens is 444 g/mol. The van der Waals surface area contributed by atoms with Crippen molar-refractivity contribution < 1.29 is 14.3 Å². The van der Waals surface area contributed by atoms with Crippen molar-refractivity contribution in [2.24, 2.45) is 5.92 Å². The maximum Gasteiger partial charge on any atom is 0.323 e. The minimum atomic E-state index is -0.343. The van der Waals surface area contributed by atoms with Gasteiger partial charge >= 0.3 is 6.03 Å². The summed E-state index contributed by atoms with van der Waals surface area (Å²) in [5.74, 6) is 0.905. The molecule has 2 aromatic heterocycles. The van der Waals surface area contributed by atoms with Gasteiger partial charge in [-0.2, -0.15) is 10.4 Å². The lowest BCUT2D eigenvalue weighted by molar-refractivity contribution is 0.0576. The Balaban J connectivity index is 1.29. The molecule has 3 heterocycles. The van der Waals surface area contributed by atoms with E-state index < -0.39 is 0 Å². The number of anilines is 2. The summed E-state index contributed by atoms with van der Waals surface area (Å²) in [4.78, 5) is 26.7. The third-order valence-corrected chi connectivity index (χ3v) is 5.84. The SMILES string of the molecule is Cc1c(C(=O)N2CC(C#N)C2)cn2nccc(Oc3ccc(NC(=O)Nc4ccccc4)cc3)c12. The van der Waals surface area contributed by atoms with E-state index in [1.165, 1.54) is 0 Å². The first-order chi connectivity index (χ1) is 17.0. The number of hydrogen-bond acceptors (Lipinski definition) is 5. The first kappa shape index (κ1) is 22.0. The zero-order valence-electron chi connectivity index (χ0n) is 18.9. The van der Waals surface area contributed by atoms with Crippen LogP contribution in [0.1, 0.15) is 15.9 Å². The topological polar surface area (TPSA) is 112 Å². The number of urea groups is 1. The van der Waals surface area contributed by atoms with Crippen LogP contribution < -0.4 is 15.4 Å². The predicted molar refractivity (Wildman–Crippen MR) is 131 cm³/mol. The van der Waals surface area contributed by atoms with E-state index in [1.54, 1.807) is 64.3 Å². The van der Waals surface area contributed by atoms with Crippen molar-refractivity contribution in [2.45, 2.75) is 6.92 Å². The van der Waals surface area contributed by atoms with Crippen molar-refractivity contribution in [1.29, 1.82) is 5.26 Å². The summed E-state index contributed by atoms with van der Waals surface area (Å²) in [6.45, 7) is 2.75. The average Bonchev–Trinajstić information content (AvgIpc) is 3.17. The number of aromatic nitrogens is 2. The molecule has 174 valence electrons. The van der Waals surface area contributed by atoms with Gasteiger partial charge in [0.15, 0.2) is 5.75 Å². The van der Waals surface area contributed by atoms with Crippen LogP contribution in [0.5, 0.6) is 11.5 Å². The molecule has 0 atom stereocenters. The van der Waals surface area contributed by atoms with E-state index in [0.29, 0.717) is 47.0 Å². The molecule has 3 amide bonds. The molecule has 9 nitrogen and oxygen atoms in total. The fraction of sp³-hybridized carbons (Fsp3) is 0.154. The molecule has 2 N–H and O–H groups in total. The Morgan fingerprint density at radius 2 is 1.71 bits per heavy atom. The standard InChI is InChI=1S/C26H22N6O3/c1-17-22(25(33)31-14-18(13-27)15-31)16-32-24(17)23(11-12-28-32)35-21-9-7-20(8-10-21)30-26(34)29-19-5-3-2-4-6-19/h2-12,16,18H,14-15H2,1H3,(H2,29,30,34). The largest absolute Gasteiger partial charge is 0.455 e. The molecule has 0 bridgehead atoms. The van der Waals surface area contributed by atoms with Crippen molar-refractivity contribution in [3.8, 4) is 17.6 Å². The van der Waals surface area contributed by atoms with Crippen LogP contribution in [-0.4, -0.2) is 39.5 Å². The van der Waals surface area contributed by atoms with Gasteiger partial charge in [0.25, 0.3) is 5.91 Å². The Labute approximate surface area is 201 Å². The van der Waals surface area contributed by atoms with Crippen molar-refractivity contribution >= 4 is 28.8 Å². The van der Waals surface area contributed by atoms with Crippen LogP contribution in [0.3, 0.4) is 0 Å². The van der Waals surface area contributed by atoms with Crippen LogP contribution in [0.25, 0.3) is 5.52 Å². The van der Waals surface area contributed by atoms with E-state index in [-0.39, 0.29) is 17.9 Å². The fourth-order valence-corrected chi connectivity index (χ4v) is 3.97. The lowest BCUT2D eigenvalue weighted by atomic mass is 10.0. The van der Waals surface area contributed by atoms with Gasteiger partial charge in [0, 0.05) is 36.7 Å². The molecular formula is C26H22N6O3. The lowest BCUT2D eigenvalue weighted by Gasteiger charge is -2.35. The third-order valence-electron chi connectivity index (χ3n) is 5.84. The lowest BCUT2D eigenvalue weighted by Crippen LogP contribution is -2.49. The Kier molecular flexibility index (Phi) is 5.77. The van der Waals surface area contributed by atoms with E-state index in [1.807, 2.05) is 25.1 Å². The van der Waals surface area contributed by atoms with Gasteiger partial charge in [-0.15, -0.1) is 0 Å². The maximum atomic E-state index is 12.9. The number of aryl methyl sites for hydroxylation is 1. The van der Waals surface area contributed by atoms with Crippen molar-refractivity contribution in [3.05, 3.63) is 84.2 Å². The second kappa shape index (κ2) is 9.19. The Hall–Kier alpha value is -4.84. The molecule has 0 saturated carbocycles. The van der Waals surface area contributed by atoms with Gasteiger partial charge in [-0.05, 0) is 48.9 Å². The molecule has 1 aliphatic heterocycles.